The molecule has 6 atom stereocenters. The Kier molecular flexibility index (Phi) is 14.9. The second kappa shape index (κ2) is 14.6. The first-order chi connectivity index (χ1) is 11.8. The van der Waals surface area contributed by atoms with Crippen molar-refractivity contribution in [2.24, 2.45) is 0 Å². The number of unbranched alkanes of at least 4 members (excludes halogenated alkanes) is 3. The molecule has 0 aliphatic heterocycles. The van der Waals surface area contributed by atoms with Crippen molar-refractivity contribution in [3.63, 3.8) is 0 Å². The lowest BCUT2D eigenvalue weighted by Crippen LogP contribution is -2.42. The van der Waals surface area contributed by atoms with Gasteiger partial charge in [-0.3, -0.25) is 4.57 Å². The van der Waals surface area contributed by atoms with Gasteiger partial charge in [0.1, 0.15) is 20.1 Å². The van der Waals surface area contributed by atoms with Crippen molar-refractivity contribution < 1.29 is 23.1 Å². The summed E-state index contributed by atoms with van der Waals surface area (Å²) in [5.74, 6) is 0.337. The molecule has 0 amide bonds. The van der Waals surface area contributed by atoms with Gasteiger partial charge in [0, 0.05) is 20.8 Å². The highest BCUT2D eigenvalue weighted by Gasteiger charge is 2.37. The molecule has 6 unspecified atom stereocenters. The maximum atomic E-state index is 13.0. The van der Waals surface area contributed by atoms with Crippen molar-refractivity contribution in [1.82, 2.24) is 0 Å². The summed E-state index contributed by atoms with van der Waals surface area (Å²) in [7, 11) is 4.91. The molecular formula is C17H39BO5P2. The van der Waals surface area contributed by atoms with E-state index in [1.165, 1.54) is 7.11 Å². The highest BCUT2D eigenvalue weighted by atomic mass is 31.2. The average molecular weight is 396 g/mol. The monoisotopic (exact) mass is 396 g/mol. The highest BCUT2D eigenvalue weighted by molar-refractivity contribution is 7.53. The van der Waals surface area contributed by atoms with Crippen LogP contribution in [-0.4, -0.2) is 59.3 Å². The molecule has 0 spiro atoms. The van der Waals surface area contributed by atoms with E-state index in [0.29, 0.717) is 25.2 Å². The lowest BCUT2D eigenvalue weighted by Gasteiger charge is -2.34. The lowest BCUT2D eigenvalue weighted by molar-refractivity contribution is -0.0551. The molecule has 8 heteroatoms. The van der Waals surface area contributed by atoms with E-state index < -0.39 is 7.60 Å². The van der Waals surface area contributed by atoms with Gasteiger partial charge in [0.25, 0.3) is 0 Å². The Hall–Kier alpha value is 0.565. The Morgan fingerprint density at radius 1 is 1.12 bits per heavy atom. The largest absolute Gasteiger partial charge is 0.379 e. The summed E-state index contributed by atoms with van der Waals surface area (Å²) in [6.07, 6.45) is 4.83. The van der Waals surface area contributed by atoms with E-state index in [4.69, 9.17) is 18.5 Å². The van der Waals surface area contributed by atoms with Crippen LogP contribution in [0.2, 0.25) is 5.82 Å². The van der Waals surface area contributed by atoms with Crippen LogP contribution in [0.4, 0.5) is 0 Å². The second-order valence-corrected chi connectivity index (χ2v) is 9.83. The van der Waals surface area contributed by atoms with E-state index in [0.717, 1.165) is 32.1 Å². The van der Waals surface area contributed by atoms with Gasteiger partial charge in [0.05, 0.1) is 12.8 Å². The molecule has 150 valence electrons. The van der Waals surface area contributed by atoms with E-state index in [2.05, 4.69) is 37.9 Å². The van der Waals surface area contributed by atoms with Crippen molar-refractivity contribution in [2.75, 3.05) is 33.6 Å². The Labute approximate surface area is 158 Å². The topological polar surface area (TPSA) is 54.0 Å². The molecule has 0 aliphatic carbocycles. The average Bonchev–Trinajstić information content (AvgIpc) is 2.60. The Bertz CT molecular complexity index is 371. The zero-order valence-electron chi connectivity index (χ0n) is 17.0. The molecule has 0 aromatic carbocycles. The molecule has 0 N–H and O–H groups in total. The zero-order valence-corrected chi connectivity index (χ0v) is 19.1. The van der Waals surface area contributed by atoms with Crippen molar-refractivity contribution >= 4 is 24.7 Å². The third-order valence-corrected chi connectivity index (χ3v) is 7.47. The van der Waals surface area contributed by atoms with Crippen LogP contribution in [-0.2, 0) is 23.1 Å². The van der Waals surface area contributed by atoms with Gasteiger partial charge in [-0.25, -0.2) is 0 Å². The fourth-order valence-electron chi connectivity index (χ4n) is 2.44. The van der Waals surface area contributed by atoms with Crippen molar-refractivity contribution in [1.29, 1.82) is 0 Å². The van der Waals surface area contributed by atoms with E-state index in [1.54, 1.807) is 7.11 Å². The summed E-state index contributed by atoms with van der Waals surface area (Å²) >= 11 is 0. The minimum absolute atomic E-state index is 0.0920. The smallest absolute Gasteiger partial charge is 0.330 e. The van der Waals surface area contributed by atoms with Crippen LogP contribution in [0.25, 0.3) is 0 Å². The van der Waals surface area contributed by atoms with Crippen LogP contribution in [0, 0.1) is 0 Å². The maximum absolute atomic E-state index is 13.0. The molecule has 0 saturated heterocycles. The minimum Gasteiger partial charge on any atom is -0.379 e. The van der Waals surface area contributed by atoms with Crippen LogP contribution < -0.4 is 0 Å². The van der Waals surface area contributed by atoms with E-state index in [1.807, 2.05) is 0 Å². The van der Waals surface area contributed by atoms with Crippen LogP contribution >= 0.6 is 16.8 Å². The molecule has 0 radical (unpaired) electrons. The Balaban J connectivity index is 5.07. The first kappa shape index (κ1) is 25.6. The quantitative estimate of drug-likeness (QED) is 0.225. The van der Waals surface area contributed by atoms with Crippen LogP contribution in [0.3, 0.4) is 0 Å². The van der Waals surface area contributed by atoms with Gasteiger partial charge >= 0.3 is 7.60 Å². The van der Waals surface area contributed by atoms with Crippen molar-refractivity contribution in [3.8, 4) is 0 Å². The van der Waals surface area contributed by atoms with Gasteiger partial charge in [0.2, 0.25) is 0 Å². The van der Waals surface area contributed by atoms with Crippen LogP contribution in [0.15, 0.2) is 0 Å². The van der Waals surface area contributed by atoms with Crippen LogP contribution in [0.5, 0.6) is 0 Å². The summed E-state index contributed by atoms with van der Waals surface area (Å²) in [6.45, 7) is 7.49. The molecule has 25 heavy (non-hydrogen) atoms. The summed E-state index contributed by atoms with van der Waals surface area (Å²) in [6, 6.07) is 0. The number of hydrogen-bond donors (Lipinski definition) is 0. The molecule has 0 fully saturated rings. The normalized spacial score (nSPS) is 19.1. The van der Waals surface area contributed by atoms with Crippen LogP contribution in [0.1, 0.15) is 52.9 Å². The number of hydrogen-bond acceptors (Lipinski definition) is 5. The number of methoxy groups -OCH3 is 1. The summed E-state index contributed by atoms with van der Waals surface area (Å²) < 4.78 is 35.8. The molecular weight excluding hydrogens is 357 g/mol. The standard InChI is InChI=1S/C17H39BO5P2/c1-6-8-10-12-25(19,21-5)23-16(17(24)14(3)18)15(20-4)13-22-11-9-7-2/h14-17H,6-13,18,24H2,1-5H3. The second-order valence-electron chi connectivity index (χ2n) is 6.82. The molecule has 0 bridgehead atoms. The van der Waals surface area contributed by atoms with Crippen molar-refractivity contribution in [2.45, 2.75) is 76.6 Å². The summed E-state index contributed by atoms with van der Waals surface area (Å²) in [4.78, 5) is 0. The van der Waals surface area contributed by atoms with E-state index >= 15 is 0 Å². The van der Waals surface area contributed by atoms with Gasteiger partial charge in [-0.05, 0) is 18.5 Å². The highest BCUT2D eigenvalue weighted by Crippen LogP contribution is 2.51. The molecule has 0 aliphatic rings. The third kappa shape index (κ3) is 10.5. The first-order valence-electron chi connectivity index (χ1n) is 9.54. The van der Waals surface area contributed by atoms with E-state index in [-0.39, 0.29) is 17.9 Å². The maximum Gasteiger partial charge on any atom is 0.330 e. The molecule has 5 nitrogen and oxygen atoms in total. The predicted octanol–water partition coefficient (Wildman–Crippen LogP) is 3.92. The summed E-state index contributed by atoms with van der Waals surface area (Å²) in [5, 5.41) is 0. The molecule has 0 heterocycles. The van der Waals surface area contributed by atoms with E-state index in [9.17, 15) is 4.57 Å². The van der Waals surface area contributed by atoms with Gasteiger partial charge in [-0.15, -0.1) is 9.24 Å². The fraction of sp³-hybridized carbons (Fsp3) is 1.00. The number of ether oxygens (including phenoxy) is 2. The molecule has 0 rings (SSSR count). The van der Waals surface area contributed by atoms with Gasteiger partial charge in [-0.2, -0.15) is 0 Å². The Morgan fingerprint density at radius 3 is 2.24 bits per heavy atom. The van der Waals surface area contributed by atoms with Gasteiger partial charge < -0.3 is 18.5 Å². The Morgan fingerprint density at radius 2 is 1.76 bits per heavy atom. The number of rotatable bonds is 16. The molecule has 0 aromatic rings. The lowest BCUT2D eigenvalue weighted by atomic mass is 9.83. The van der Waals surface area contributed by atoms with Gasteiger partial charge in [0.15, 0.2) is 0 Å². The fourth-order valence-corrected chi connectivity index (χ4v) is 4.53. The SMILES string of the molecule is BC(C)C(P)C(OP(=O)(CCCCC)OC)C(COCCCC)OC. The predicted molar refractivity (Wildman–Crippen MR) is 112 cm³/mol. The zero-order chi connectivity index (χ0) is 19.3. The van der Waals surface area contributed by atoms with Gasteiger partial charge in [-0.1, -0.05) is 45.9 Å². The first-order valence-corrected chi connectivity index (χ1v) is 11.9. The van der Waals surface area contributed by atoms with Crippen molar-refractivity contribution in [3.05, 3.63) is 0 Å². The molecule has 0 aromatic heterocycles. The molecule has 0 saturated carbocycles. The summed E-state index contributed by atoms with van der Waals surface area (Å²) in [5.41, 5.74) is 0.0920. The third-order valence-electron chi connectivity index (χ3n) is 4.34. The minimum atomic E-state index is -3.14.